The van der Waals surface area contributed by atoms with Gasteiger partial charge < -0.3 is 15.2 Å². The second-order valence-electron chi connectivity index (χ2n) is 6.84. The van der Waals surface area contributed by atoms with Crippen LogP contribution in [0.15, 0.2) is 53.5 Å². The number of amidine groups is 1. The third-order valence-electron chi connectivity index (χ3n) is 5.10. The second-order valence-corrected chi connectivity index (χ2v) is 7.85. The van der Waals surface area contributed by atoms with Crippen LogP contribution in [0, 0.1) is 17.6 Å². The van der Waals surface area contributed by atoms with Gasteiger partial charge in [-0.25, -0.2) is 18.6 Å². The molecule has 146 valence electrons. The Morgan fingerprint density at radius 1 is 1.25 bits per heavy atom. The average Bonchev–Trinajstić information content (AvgIpc) is 2.68. The highest BCUT2D eigenvalue weighted by molar-refractivity contribution is 8.14. The zero-order valence-electron chi connectivity index (χ0n) is 14.8. The molecule has 5 nitrogen and oxygen atoms in total. The van der Waals surface area contributed by atoms with Crippen LogP contribution in [0.25, 0.3) is 0 Å². The van der Waals surface area contributed by atoms with Crippen molar-refractivity contribution in [1.82, 2.24) is 0 Å². The summed E-state index contributed by atoms with van der Waals surface area (Å²) in [4.78, 5) is 16.2. The van der Waals surface area contributed by atoms with E-state index in [0.717, 1.165) is 11.8 Å². The summed E-state index contributed by atoms with van der Waals surface area (Å²) >= 11 is 1.45. The summed E-state index contributed by atoms with van der Waals surface area (Å²) in [7, 11) is 0. The summed E-state index contributed by atoms with van der Waals surface area (Å²) in [5.41, 5.74) is -0.0519. The second kappa shape index (κ2) is 7.52. The van der Waals surface area contributed by atoms with E-state index in [9.17, 15) is 18.7 Å². The number of para-hydroxylation sites is 1. The van der Waals surface area contributed by atoms with Crippen LogP contribution in [-0.4, -0.2) is 34.7 Å². The molecule has 1 unspecified atom stereocenters. The van der Waals surface area contributed by atoms with E-state index in [4.69, 9.17) is 9.73 Å². The molecule has 1 saturated heterocycles. The maximum absolute atomic E-state index is 14.7. The maximum atomic E-state index is 14.7. The SMILES string of the molecule is O=C(O)[C@H]1CC2CSC(Nc3ccccc3)=N[C@@]2(c2ccc(F)cc2F)CO1. The number of halogens is 2. The van der Waals surface area contributed by atoms with Gasteiger partial charge in [-0.15, -0.1) is 0 Å². The number of aliphatic carboxylic acids is 1. The van der Waals surface area contributed by atoms with Crippen molar-refractivity contribution in [3.05, 3.63) is 65.7 Å². The highest BCUT2D eigenvalue weighted by Crippen LogP contribution is 2.47. The minimum Gasteiger partial charge on any atom is -0.479 e. The van der Waals surface area contributed by atoms with Gasteiger partial charge in [-0.05, 0) is 24.6 Å². The van der Waals surface area contributed by atoms with E-state index in [-0.39, 0.29) is 24.5 Å². The van der Waals surface area contributed by atoms with E-state index >= 15 is 0 Å². The van der Waals surface area contributed by atoms with Crippen LogP contribution < -0.4 is 5.32 Å². The monoisotopic (exact) mass is 404 g/mol. The number of carbonyl (C=O) groups is 1. The molecule has 2 aliphatic rings. The van der Waals surface area contributed by atoms with E-state index < -0.39 is 29.2 Å². The summed E-state index contributed by atoms with van der Waals surface area (Å²) in [5, 5.41) is 13.1. The van der Waals surface area contributed by atoms with E-state index in [2.05, 4.69) is 5.32 Å². The van der Waals surface area contributed by atoms with Gasteiger partial charge in [0.25, 0.3) is 0 Å². The molecule has 0 radical (unpaired) electrons. The summed E-state index contributed by atoms with van der Waals surface area (Å²) < 4.78 is 33.7. The predicted molar refractivity (Wildman–Crippen MR) is 103 cm³/mol. The zero-order chi connectivity index (χ0) is 19.7. The summed E-state index contributed by atoms with van der Waals surface area (Å²) in [6, 6.07) is 12.8. The lowest BCUT2D eigenvalue weighted by Gasteiger charge is -2.45. The molecule has 0 aliphatic carbocycles. The Bertz CT molecular complexity index is 925. The maximum Gasteiger partial charge on any atom is 0.332 e. The number of aliphatic imine (C=N–C) groups is 1. The number of anilines is 1. The summed E-state index contributed by atoms with van der Waals surface area (Å²) in [6.45, 7) is -0.0856. The fourth-order valence-corrected chi connectivity index (χ4v) is 4.86. The minimum absolute atomic E-state index is 0.0856. The average molecular weight is 404 g/mol. The normalized spacial score (nSPS) is 26.9. The molecule has 28 heavy (non-hydrogen) atoms. The summed E-state index contributed by atoms with van der Waals surface area (Å²) in [6.07, 6.45) is -0.748. The molecule has 3 atom stereocenters. The number of benzene rings is 2. The van der Waals surface area contributed by atoms with Gasteiger partial charge in [0, 0.05) is 29.0 Å². The Morgan fingerprint density at radius 3 is 2.75 bits per heavy atom. The number of nitrogens with one attached hydrogen (secondary N) is 1. The molecular formula is C20H18F2N2O3S. The molecule has 1 fully saturated rings. The van der Waals surface area contributed by atoms with Gasteiger partial charge in [0.2, 0.25) is 0 Å². The lowest BCUT2D eigenvalue weighted by Crippen LogP contribution is -2.51. The van der Waals surface area contributed by atoms with Crippen LogP contribution in [0.3, 0.4) is 0 Å². The van der Waals surface area contributed by atoms with Crippen LogP contribution >= 0.6 is 11.8 Å². The number of hydrogen-bond acceptors (Lipinski definition) is 5. The number of fused-ring (bicyclic) bond motifs is 1. The van der Waals surface area contributed by atoms with Crippen molar-refractivity contribution in [2.45, 2.75) is 18.1 Å². The first-order chi connectivity index (χ1) is 13.5. The standard InChI is InChI=1S/C20H18F2N2O3S/c21-13-6-7-15(16(22)9-13)20-11-27-17(18(25)26)8-12(20)10-28-19(24-20)23-14-4-2-1-3-5-14/h1-7,9,12,17H,8,10-11H2,(H,23,24)(H,25,26)/t12?,17-,20+/m1/s1. The number of thioether (sulfide) groups is 1. The van der Waals surface area contributed by atoms with Crippen LogP contribution in [0.4, 0.5) is 14.5 Å². The number of carboxylic acids is 1. The Labute approximate surface area is 164 Å². The molecule has 2 aromatic rings. The van der Waals surface area contributed by atoms with Gasteiger partial charge in [0.15, 0.2) is 11.3 Å². The van der Waals surface area contributed by atoms with Crippen molar-refractivity contribution < 1.29 is 23.4 Å². The van der Waals surface area contributed by atoms with E-state index in [0.29, 0.717) is 10.9 Å². The first-order valence-corrected chi connectivity index (χ1v) is 9.81. The Hall–Kier alpha value is -2.45. The first kappa shape index (κ1) is 18.9. The lowest BCUT2D eigenvalue weighted by atomic mass is 9.75. The van der Waals surface area contributed by atoms with Crippen molar-refractivity contribution in [2.24, 2.45) is 10.9 Å². The molecular weight excluding hydrogens is 386 g/mol. The van der Waals surface area contributed by atoms with Crippen LogP contribution in [0.5, 0.6) is 0 Å². The summed E-state index contributed by atoms with van der Waals surface area (Å²) in [5.74, 6) is -2.14. The molecule has 2 heterocycles. The van der Waals surface area contributed by atoms with Crippen molar-refractivity contribution in [3.8, 4) is 0 Å². The molecule has 0 aromatic heterocycles. The van der Waals surface area contributed by atoms with Crippen LogP contribution in [0.2, 0.25) is 0 Å². The largest absolute Gasteiger partial charge is 0.479 e. The number of rotatable bonds is 3. The Kier molecular flexibility index (Phi) is 5.07. The van der Waals surface area contributed by atoms with Gasteiger partial charge in [-0.3, -0.25) is 0 Å². The first-order valence-electron chi connectivity index (χ1n) is 8.82. The van der Waals surface area contributed by atoms with Crippen molar-refractivity contribution in [1.29, 1.82) is 0 Å². The molecule has 4 rings (SSSR count). The van der Waals surface area contributed by atoms with Crippen molar-refractivity contribution in [3.63, 3.8) is 0 Å². The molecule has 8 heteroatoms. The van der Waals surface area contributed by atoms with E-state index in [1.165, 1.54) is 23.9 Å². The topological polar surface area (TPSA) is 70.9 Å². The molecule has 2 N–H and O–H groups in total. The van der Waals surface area contributed by atoms with Gasteiger partial charge in [0.1, 0.15) is 17.2 Å². The number of nitrogens with zero attached hydrogens (tertiary/aromatic N) is 1. The highest BCUT2D eigenvalue weighted by atomic mass is 32.2. The molecule has 0 spiro atoms. The van der Waals surface area contributed by atoms with Crippen LogP contribution in [-0.2, 0) is 15.1 Å². The quantitative estimate of drug-likeness (QED) is 0.813. The van der Waals surface area contributed by atoms with Gasteiger partial charge in [0.05, 0.1) is 6.61 Å². The minimum atomic E-state index is -1.11. The van der Waals surface area contributed by atoms with Gasteiger partial charge >= 0.3 is 5.97 Å². The van der Waals surface area contributed by atoms with Crippen LogP contribution in [0.1, 0.15) is 12.0 Å². The van der Waals surface area contributed by atoms with Gasteiger partial charge in [-0.2, -0.15) is 0 Å². The lowest BCUT2D eigenvalue weighted by molar-refractivity contribution is -0.159. The molecule has 2 aromatic carbocycles. The highest BCUT2D eigenvalue weighted by Gasteiger charge is 2.51. The Balaban J connectivity index is 1.75. The third-order valence-corrected chi connectivity index (χ3v) is 6.13. The van der Waals surface area contributed by atoms with E-state index in [1.807, 2.05) is 30.3 Å². The molecule has 2 aliphatic heterocycles. The number of carboxylic acid groups (broad SMARTS) is 1. The number of hydrogen-bond donors (Lipinski definition) is 2. The van der Waals surface area contributed by atoms with E-state index in [1.54, 1.807) is 0 Å². The zero-order valence-corrected chi connectivity index (χ0v) is 15.6. The molecule has 0 saturated carbocycles. The number of ether oxygens (including phenoxy) is 1. The van der Waals surface area contributed by atoms with Crippen molar-refractivity contribution >= 4 is 28.6 Å². The Morgan fingerprint density at radius 2 is 2.04 bits per heavy atom. The third kappa shape index (κ3) is 3.49. The smallest absolute Gasteiger partial charge is 0.332 e. The van der Waals surface area contributed by atoms with Crippen molar-refractivity contribution in [2.75, 3.05) is 17.7 Å². The fraction of sp³-hybridized carbons (Fsp3) is 0.300. The molecule has 0 bridgehead atoms. The fourth-order valence-electron chi connectivity index (χ4n) is 3.67. The predicted octanol–water partition coefficient (Wildman–Crippen LogP) is 3.86. The molecule has 0 amide bonds. The van der Waals surface area contributed by atoms with Gasteiger partial charge in [-0.1, -0.05) is 36.0 Å².